The van der Waals surface area contributed by atoms with Gasteiger partial charge >= 0.3 is 0 Å². The normalized spacial score (nSPS) is 15.9. The minimum atomic E-state index is 0.668. The van der Waals surface area contributed by atoms with Crippen LogP contribution < -0.4 is 5.73 Å². The van der Waals surface area contributed by atoms with Crippen molar-refractivity contribution >= 4 is 22.5 Å². The quantitative estimate of drug-likeness (QED) is 0.842. The Balaban J connectivity index is 2.10. The minimum Gasteiger partial charge on any atom is -0.357 e. The lowest BCUT2D eigenvalue weighted by Gasteiger charge is -2.00. The van der Waals surface area contributed by atoms with Gasteiger partial charge in [0.2, 0.25) is 0 Å². The van der Waals surface area contributed by atoms with E-state index >= 15 is 0 Å². The first kappa shape index (κ1) is 10.2. The van der Waals surface area contributed by atoms with Gasteiger partial charge in [0.1, 0.15) is 0 Å². The van der Waals surface area contributed by atoms with E-state index < -0.39 is 0 Å². The van der Waals surface area contributed by atoms with Crippen LogP contribution in [-0.2, 0) is 6.42 Å². The Morgan fingerprint density at radius 3 is 2.81 bits per heavy atom. The molecule has 2 nitrogen and oxygen atoms in total. The number of benzene rings is 1. The average molecular weight is 235 g/mol. The van der Waals surface area contributed by atoms with Crippen molar-refractivity contribution in [2.45, 2.75) is 25.2 Å². The van der Waals surface area contributed by atoms with Gasteiger partial charge in [0, 0.05) is 11.1 Å². The van der Waals surface area contributed by atoms with Crippen LogP contribution >= 0.6 is 11.6 Å². The van der Waals surface area contributed by atoms with E-state index in [4.69, 9.17) is 17.3 Å². The van der Waals surface area contributed by atoms with E-state index in [1.54, 1.807) is 0 Å². The molecule has 2 aromatic rings. The number of H-pyrrole nitrogens is 1. The van der Waals surface area contributed by atoms with E-state index in [2.05, 4.69) is 17.1 Å². The summed E-state index contributed by atoms with van der Waals surface area (Å²) in [5.74, 6) is 0.737. The molecule has 3 rings (SSSR count). The molecule has 0 saturated heterocycles. The molecule has 0 spiro atoms. The average Bonchev–Trinajstić information content (AvgIpc) is 3.00. The minimum absolute atomic E-state index is 0.668. The van der Waals surface area contributed by atoms with E-state index in [0.29, 0.717) is 6.54 Å². The van der Waals surface area contributed by atoms with Crippen molar-refractivity contribution in [3.63, 3.8) is 0 Å². The van der Waals surface area contributed by atoms with Crippen molar-refractivity contribution < 1.29 is 0 Å². The van der Waals surface area contributed by atoms with Gasteiger partial charge in [-0.25, -0.2) is 0 Å². The van der Waals surface area contributed by atoms with Gasteiger partial charge in [0.05, 0.1) is 10.5 Å². The third-order valence-corrected chi connectivity index (χ3v) is 3.51. The van der Waals surface area contributed by atoms with Crippen LogP contribution in [0, 0.1) is 0 Å². The Bertz CT molecular complexity index is 526. The zero-order chi connectivity index (χ0) is 11.1. The Morgan fingerprint density at radius 1 is 1.31 bits per heavy atom. The highest BCUT2D eigenvalue weighted by Crippen LogP contribution is 2.41. The van der Waals surface area contributed by atoms with Gasteiger partial charge in [0.15, 0.2) is 0 Å². The Morgan fingerprint density at radius 2 is 2.12 bits per heavy atom. The van der Waals surface area contributed by atoms with Gasteiger partial charge in [-0.05, 0) is 55.5 Å². The number of aromatic nitrogens is 1. The summed E-state index contributed by atoms with van der Waals surface area (Å²) in [4.78, 5) is 3.43. The Labute approximate surface area is 99.8 Å². The lowest BCUT2D eigenvalue weighted by Crippen LogP contribution is -2.02. The molecule has 1 aromatic heterocycles. The summed E-state index contributed by atoms with van der Waals surface area (Å²) in [6.45, 7) is 0.668. The zero-order valence-electron chi connectivity index (χ0n) is 9.09. The van der Waals surface area contributed by atoms with Crippen molar-refractivity contribution in [3.8, 4) is 0 Å². The lowest BCUT2D eigenvalue weighted by molar-refractivity contribution is 0.971. The number of nitrogens with two attached hydrogens (primary N) is 1. The highest BCUT2D eigenvalue weighted by atomic mass is 35.5. The second kappa shape index (κ2) is 3.79. The van der Waals surface area contributed by atoms with Crippen LogP contribution in [0.2, 0.25) is 5.02 Å². The molecule has 0 aliphatic heterocycles. The summed E-state index contributed by atoms with van der Waals surface area (Å²) in [6.07, 6.45) is 3.50. The number of halogens is 1. The van der Waals surface area contributed by atoms with E-state index in [-0.39, 0.29) is 0 Å². The number of aromatic amines is 1. The number of hydrogen-bond acceptors (Lipinski definition) is 1. The fraction of sp³-hybridized carbons (Fsp3) is 0.385. The SMILES string of the molecule is NCCc1cc(Cl)c2[nH]c(C3CC3)cc2c1. The highest BCUT2D eigenvalue weighted by molar-refractivity contribution is 6.35. The molecule has 0 atom stereocenters. The maximum absolute atomic E-state index is 6.26. The molecule has 0 bridgehead atoms. The monoisotopic (exact) mass is 234 g/mol. The first-order chi connectivity index (χ1) is 7.78. The molecule has 84 valence electrons. The second-order valence-corrected chi connectivity index (χ2v) is 4.99. The number of rotatable bonds is 3. The van der Waals surface area contributed by atoms with Crippen molar-refractivity contribution in [1.82, 2.24) is 4.98 Å². The topological polar surface area (TPSA) is 41.8 Å². The van der Waals surface area contributed by atoms with Gasteiger partial charge in [-0.2, -0.15) is 0 Å². The molecule has 1 fully saturated rings. The van der Waals surface area contributed by atoms with Crippen LogP contribution in [0.15, 0.2) is 18.2 Å². The standard InChI is InChI=1S/C13H15ClN2/c14-11-6-8(3-4-15)5-10-7-12(9-1-2-9)16-13(10)11/h5-7,9,16H,1-4,15H2. The van der Waals surface area contributed by atoms with Gasteiger partial charge in [-0.1, -0.05) is 11.6 Å². The summed E-state index contributed by atoms with van der Waals surface area (Å²) >= 11 is 6.26. The Kier molecular flexibility index (Phi) is 2.41. The molecule has 0 radical (unpaired) electrons. The summed E-state index contributed by atoms with van der Waals surface area (Å²) in [7, 11) is 0. The molecule has 1 saturated carbocycles. The lowest BCUT2D eigenvalue weighted by atomic mass is 10.1. The Hall–Kier alpha value is -0.990. The number of nitrogens with one attached hydrogen (secondary N) is 1. The fourth-order valence-corrected chi connectivity index (χ4v) is 2.50. The van der Waals surface area contributed by atoms with Crippen molar-refractivity contribution in [2.75, 3.05) is 6.54 Å². The smallest absolute Gasteiger partial charge is 0.0649 e. The number of fused-ring (bicyclic) bond motifs is 1. The molecule has 3 heteroatoms. The first-order valence-electron chi connectivity index (χ1n) is 5.79. The fourth-order valence-electron chi connectivity index (χ4n) is 2.21. The largest absolute Gasteiger partial charge is 0.357 e. The van der Waals surface area contributed by atoms with Gasteiger partial charge in [-0.3, -0.25) is 0 Å². The summed E-state index contributed by atoms with van der Waals surface area (Å²) < 4.78 is 0. The summed E-state index contributed by atoms with van der Waals surface area (Å²) in [5, 5.41) is 2.03. The third-order valence-electron chi connectivity index (χ3n) is 3.21. The third kappa shape index (κ3) is 1.72. The molecule has 1 heterocycles. The maximum Gasteiger partial charge on any atom is 0.0649 e. The molecule has 16 heavy (non-hydrogen) atoms. The van der Waals surface area contributed by atoms with Crippen LogP contribution in [0.5, 0.6) is 0 Å². The van der Waals surface area contributed by atoms with Gasteiger partial charge in [0.25, 0.3) is 0 Å². The van der Waals surface area contributed by atoms with Crippen LogP contribution in [0.1, 0.15) is 30.0 Å². The van der Waals surface area contributed by atoms with Crippen LogP contribution in [0.4, 0.5) is 0 Å². The van der Waals surface area contributed by atoms with Crippen LogP contribution in [0.3, 0.4) is 0 Å². The molecule has 1 aliphatic carbocycles. The van der Waals surface area contributed by atoms with Crippen molar-refractivity contribution in [1.29, 1.82) is 0 Å². The zero-order valence-corrected chi connectivity index (χ0v) is 9.85. The molecular weight excluding hydrogens is 220 g/mol. The number of hydrogen-bond donors (Lipinski definition) is 2. The molecule has 1 aromatic carbocycles. The predicted octanol–water partition coefficient (Wildman–Crippen LogP) is 3.20. The van der Waals surface area contributed by atoms with E-state index in [1.165, 1.54) is 29.5 Å². The van der Waals surface area contributed by atoms with Crippen LogP contribution in [0.25, 0.3) is 10.9 Å². The molecule has 3 N–H and O–H groups in total. The van der Waals surface area contributed by atoms with Crippen LogP contribution in [-0.4, -0.2) is 11.5 Å². The predicted molar refractivity (Wildman–Crippen MR) is 68.0 cm³/mol. The van der Waals surface area contributed by atoms with Gasteiger partial charge in [-0.15, -0.1) is 0 Å². The highest BCUT2D eigenvalue weighted by Gasteiger charge is 2.25. The molecule has 0 unspecified atom stereocenters. The van der Waals surface area contributed by atoms with E-state index in [0.717, 1.165) is 22.9 Å². The van der Waals surface area contributed by atoms with Gasteiger partial charge < -0.3 is 10.7 Å². The van der Waals surface area contributed by atoms with Crippen molar-refractivity contribution in [3.05, 3.63) is 34.5 Å². The molecular formula is C13H15ClN2. The molecule has 0 amide bonds. The summed E-state index contributed by atoms with van der Waals surface area (Å²) in [5.41, 5.74) is 9.20. The second-order valence-electron chi connectivity index (χ2n) is 4.58. The van der Waals surface area contributed by atoms with E-state index in [1.807, 2.05) is 6.07 Å². The van der Waals surface area contributed by atoms with E-state index in [9.17, 15) is 0 Å². The summed E-state index contributed by atoms with van der Waals surface area (Å²) in [6, 6.07) is 6.44. The first-order valence-corrected chi connectivity index (χ1v) is 6.17. The molecule has 1 aliphatic rings. The van der Waals surface area contributed by atoms with Crippen molar-refractivity contribution in [2.24, 2.45) is 5.73 Å². The maximum atomic E-state index is 6.26.